The summed E-state index contributed by atoms with van der Waals surface area (Å²) in [6.45, 7) is 1.65. The van der Waals surface area contributed by atoms with E-state index >= 15 is 0 Å². The topological polar surface area (TPSA) is 49.6 Å². The predicted octanol–water partition coefficient (Wildman–Crippen LogP) is 2.09. The maximum atomic E-state index is 12.6. The third-order valence-corrected chi connectivity index (χ3v) is 3.79. The van der Waals surface area contributed by atoms with Gasteiger partial charge in [0.05, 0.1) is 10.6 Å². The Hall–Kier alpha value is -1.26. The fraction of sp³-hybridized carbons (Fsp3) is 0.500. The summed E-state index contributed by atoms with van der Waals surface area (Å²) in [6.07, 6.45) is 2.07. The van der Waals surface area contributed by atoms with Crippen LogP contribution in [-0.4, -0.2) is 48.9 Å². The van der Waals surface area contributed by atoms with Gasteiger partial charge >= 0.3 is 0 Å². The number of nitrogen functional groups attached to an aromatic ring is 1. The maximum absolute atomic E-state index is 12.6. The number of amides is 1. The third-order valence-electron chi connectivity index (χ3n) is 3.47. The van der Waals surface area contributed by atoms with Crippen LogP contribution in [0.5, 0.6) is 0 Å². The van der Waals surface area contributed by atoms with Crippen LogP contribution in [0.25, 0.3) is 0 Å². The molecule has 1 unspecified atom stereocenters. The van der Waals surface area contributed by atoms with Crippen LogP contribution in [0.4, 0.5) is 5.69 Å². The smallest absolute Gasteiger partial charge is 0.257 e. The van der Waals surface area contributed by atoms with Crippen molar-refractivity contribution in [1.29, 1.82) is 0 Å². The summed E-state index contributed by atoms with van der Waals surface area (Å²) in [5.41, 5.74) is 6.79. The standard InChI is InChI=1S/C14H20ClN3O/c1-17(2)9-10-5-4-8-18(10)14(19)13-11(15)6-3-7-12(13)16/h3,6-7,10H,4-5,8-9,16H2,1-2H3. The fourth-order valence-corrected chi connectivity index (χ4v) is 2.89. The monoisotopic (exact) mass is 281 g/mol. The molecular formula is C14H20ClN3O. The fourth-order valence-electron chi connectivity index (χ4n) is 2.62. The van der Waals surface area contributed by atoms with Gasteiger partial charge in [-0.1, -0.05) is 17.7 Å². The minimum atomic E-state index is -0.0487. The average Bonchev–Trinajstić information content (AvgIpc) is 2.75. The van der Waals surface area contributed by atoms with Crippen molar-refractivity contribution in [2.24, 2.45) is 0 Å². The average molecular weight is 282 g/mol. The van der Waals surface area contributed by atoms with Gasteiger partial charge in [0, 0.05) is 24.8 Å². The van der Waals surface area contributed by atoms with E-state index in [-0.39, 0.29) is 11.9 Å². The molecule has 0 saturated carbocycles. The molecule has 104 valence electrons. The molecule has 1 amide bonds. The van der Waals surface area contributed by atoms with E-state index in [1.807, 2.05) is 19.0 Å². The van der Waals surface area contributed by atoms with Gasteiger partial charge in [-0.15, -0.1) is 0 Å². The van der Waals surface area contributed by atoms with Crippen molar-refractivity contribution in [2.75, 3.05) is 32.9 Å². The molecule has 4 nitrogen and oxygen atoms in total. The Morgan fingerprint density at radius 1 is 1.53 bits per heavy atom. The van der Waals surface area contributed by atoms with E-state index in [0.29, 0.717) is 16.3 Å². The molecule has 0 aromatic heterocycles. The van der Waals surface area contributed by atoms with E-state index < -0.39 is 0 Å². The highest BCUT2D eigenvalue weighted by Gasteiger charge is 2.31. The van der Waals surface area contributed by atoms with Crippen molar-refractivity contribution in [1.82, 2.24) is 9.80 Å². The molecule has 2 rings (SSSR count). The highest BCUT2D eigenvalue weighted by molar-refractivity contribution is 6.34. The second-order valence-electron chi connectivity index (χ2n) is 5.26. The number of anilines is 1. The Bertz CT molecular complexity index is 456. The molecule has 1 aromatic rings. The molecule has 0 bridgehead atoms. The van der Waals surface area contributed by atoms with Gasteiger partial charge in [-0.2, -0.15) is 0 Å². The molecule has 1 fully saturated rings. The number of carbonyl (C=O) groups is 1. The Morgan fingerprint density at radius 3 is 2.89 bits per heavy atom. The first kappa shape index (κ1) is 14.2. The van der Waals surface area contributed by atoms with Crippen LogP contribution in [0.1, 0.15) is 23.2 Å². The summed E-state index contributed by atoms with van der Waals surface area (Å²) >= 11 is 6.12. The molecule has 0 spiro atoms. The lowest BCUT2D eigenvalue weighted by Gasteiger charge is -2.27. The van der Waals surface area contributed by atoms with Gasteiger partial charge in [0.2, 0.25) is 0 Å². The van der Waals surface area contributed by atoms with E-state index in [2.05, 4.69) is 4.90 Å². The van der Waals surface area contributed by atoms with Crippen molar-refractivity contribution < 1.29 is 4.79 Å². The van der Waals surface area contributed by atoms with Gasteiger partial charge in [0.25, 0.3) is 5.91 Å². The van der Waals surface area contributed by atoms with Crippen molar-refractivity contribution in [3.63, 3.8) is 0 Å². The van der Waals surface area contributed by atoms with Crippen molar-refractivity contribution in [2.45, 2.75) is 18.9 Å². The Morgan fingerprint density at radius 2 is 2.26 bits per heavy atom. The molecule has 1 aliphatic rings. The molecule has 1 aromatic carbocycles. The van der Waals surface area contributed by atoms with E-state index in [1.165, 1.54) is 0 Å². The van der Waals surface area contributed by atoms with E-state index in [4.69, 9.17) is 17.3 Å². The first-order valence-electron chi connectivity index (χ1n) is 6.50. The van der Waals surface area contributed by atoms with Crippen LogP contribution < -0.4 is 5.73 Å². The van der Waals surface area contributed by atoms with Gasteiger partial charge in [-0.05, 0) is 39.1 Å². The highest BCUT2D eigenvalue weighted by Crippen LogP contribution is 2.27. The SMILES string of the molecule is CN(C)CC1CCCN1C(=O)c1c(N)cccc1Cl. The maximum Gasteiger partial charge on any atom is 0.257 e. The van der Waals surface area contributed by atoms with E-state index in [0.717, 1.165) is 25.9 Å². The van der Waals surface area contributed by atoms with Crippen LogP contribution in [0.2, 0.25) is 5.02 Å². The lowest BCUT2D eigenvalue weighted by molar-refractivity contribution is 0.0717. The number of hydrogen-bond acceptors (Lipinski definition) is 3. The van der Waals surface area contributed by atoms with Crippen molar-refractivity contribution in [3.05, 3.63) is 28.8 Å². The number of rotatable bonds is 3. The minimum absolute atomic E-state index is 0.0487. The lowest BCUT2D eigenvalue weighted by Crippen LogP contribution is -2.41. The Labute approximate surface area is 119 Å². The predicted molar refractivity (Wildman–Crippen MR) is 78.5 cm³/mol. The van der Waals surface area contributed by atoms with Gasteiger partial charge in [0.1, 0.15) is 0 Å². The summed E-state index contributed by atoms with van der Waals surface area (Å²) in [4.78, 5) is 16.6. The number of nitrogens with zero attached hydrogens (tertiary/aromatic N) is 2. The summed E-state index contributed by atoms with van der Waals surface area (Å²) in [5.74, 6) is -0.0487. The Kier molecular flexibility index (Phi) is 4.32. The number of nitrogens with two attached hydrogens (primary N) is 1. The normalized spacial score (nSPS) is 19.2. The molecule has 0 radical (unpaired) electrons. The van der Waals surface area contributed by atoms with Crippen LogP contribution >= 0.6 is 11.6 Å². The quantitative estimate of drug-likeness (QED) is 0.863. The highest BCUT2D eigenvalue weighted by atomic mass is 35.5. The number of hydrogen-bond donors (Lipinski definition) is 1. The zero-order chi connectivity index (χ0) is 14.0. The van der Waals surface area contributed by atoms with E-state index in [9.17, 15) is 4.79 Å². The van der Waals surface area contributed by atoms with Gasteiger partial charge in [-0.25, -0.2) is 0 Å². The first-order chi connectivity index (χ1) is 9.00. The first-order valence-corrected chi connectivity index (χ1v) is 6.88. The molecule has 0 aliphatic carbocycles. The molecule has 1 aliphatic heterocycles. The zero-order valence-electron chi connectivity index (χ0n) is 11.4. The molecule has 1 atom stereocenters. The summed E-state index contributed by atoms with van der Waals surface area (Å²) < 4.78 is 0. The van der Waals surface area contributed by atoms with Crippen LogP contribution in [0.15, 0.2) is 18.2 Å². The minimum Gasteiger partial charge on any atom is -0.398 e. The largest absolute Gasteiger partial charge is 0.398 e. The molecule has 1 heterocycles. The molecule has 19 heavy (non-hydrogen) atoms. The molecule has 5 heteroatoms. The number of halogens is 1. The number of likely N-dealkylation sites (tertiary alicyclic amines) is 1. The second kappa shape index (κ2) is 5.80. The van der Waals surface area contributed by atoms with E-state index in [1.54, 1.807) is 18.2 Å². The third kappa shape index (κ3) is 3.01. The van der Waals surface area contributed by atoms with Crippen molar-refractivity contribution >= 4 is 23.2 Å². The van der Waals surface area contributed by atoms with Crippen molar-refractivity contribution in [3.8, 4) is 0 Å². The summed E-state index contributed by atoms with van der Waals surface area (Å²) in [7, 11) is 4.04. The number of carbonyl (C=O) groups excluding carboxylic acids is 1. The van der Waals surface area contributed by atoms with Gasteiger partial charge < -0.3 is 15.5 Å². The number of benzene rings is 1. The van der Waals surface area contributed by atoms with Crippen LogP contribution in [0, 0.1) is 0 Å². The van der Waals surface area contributed by atoms with Crippen LogP contribution in [-0.2, 0) is 0 Å². The van der Waals surface area contributed by atoms with Gasteiger partial charge in [-0.3, -0.25) is 4.79 Å². The van der Waals surface area contributed by atoms with Crippen LogP contribution in [0.3, 0.4) is 0 Å². The molecule has 1 saturated heterocycles. The number of likely N-dealkylation sites (N-methyl/N-ethyl adjacent to an activating group) is 1. The molecule has 2 N–H and O–H groups in total. The molecular weight excluding hydrogens is 262 g/mol. The summed E-state index contributed by atoms with van der Waals surface area (Å²) in [6, 6.07) is 5.44. The zero-order valence-corrected chi connectivity index (χ0v) is 12.2. The lowest BCUT2D eigenvalue weighted by atomic mass is 10.1. The summed E-state index contributed by atoms with van der Waals surface area (Å²) in [5, 5.41) is 0.431. The van der Waals surface area contributed by atoms with Gasteiger partial charge in [0.15, 0.2) is 0 Å². The second-order valence-corrected chi connectivity index (χ2v) is 5.67. The Balaban J connectivity index is 2.23.